The number of anilines is 1. The zero-order chi connectivity index (χ0) is 28.8. The van der Waals surface area contributed by atoms with Crippen LogP contribution in [0.15, 0.2) is 53.4 Å². The van der Waals surface area contributed by atoms with Crippen LogP contribution < -0.4 is 14.4 Å². The minimum Gasteiger partial charge on any atom is -0.490 e. The summed E-state index contributed by atoms with van der Waals surface area (Å²) in [5.41, 5.74) is 3.04. The quantitative estimate of drug-likeness (QED) is 0.427. The number of halogens is 1. The van der Waals surface area contributed by atoms with Crippen LogP contribution >= 0.6 is 11.6 Å². The summed E-state index contributed by atoms with van der Waals surface area (Å²) >= 11 is 6.39. The number of benzene rings is 2. The number of allylic oxidation sites excluding steroid dienone is 1. The fourth-order valence-electron chi connectivity index (χ4n) is 7.29. The van der Waals surface area contributed by atoms with E-state index in [1.807, 2.05) is 13.0 Å². The largest absolute Gasteiger partial charge is 0.490 e. The summed E-state index contributed by atoms with van der Waals surface area (Å²) in [4.78, 5) is 15.1. The van der Waals surface area contributed by atoms with Crippen molar-refractivity contribution in [3.05, 3.63) is 64.7 Å². The number of nitrogens with one attached hydrogen (secondary N) is 1. The number of rotatable bonds is 1. The lowest BCUT2D eigenvalue weighted by Gasteiger charge is -2.46. The Morgan fingerprint density at radius 1 is 1.17 bits per heavy atom. The van der Waals surface area contributed by atoms with E-state index in [9.17, 15) is 13.2 Å². The molecule has 0 radical (unpaired) electrons. The smallest absolute Gasteiger partial charge is 0.264 e. The summed E-state index contributed by atoms with van der Waals surface area (Å²) in [6.45, 7) is 3.94. The fraction of sp³-hybridized carbons (Fsp3) is 0.531. The molecule has 5 atom stereocenters. The molecule has 4 aliphatic rings. The van der Waals surface area contributed by atoms with E-state index in [1.54, 1.807) is 25.3 Å². The van der Waals surface area contributed by atoms with Crippen LogP contribution in [0.25, 0.3) is 0 Å². The number of ether oxygens (including phenoxy) is 2. The van der Waals surface area contributed by atoms with Gasteiger partial charge in [-0.2, -0.15) is 0 Å². The highest BCUT2D eigenvalue weighted by Crippen LogP contribution is 2.47. The Kier molecular flexibility index (Phi) is 7.85. The van der Waals surface area contributed by atoms with E-state index in [1.165, 1.54) is 11.1 Å². The normalized spacial score (nSPS) is 31.2. The average Bonchev–Trinajstić information content (AvgIpc) is 3.06. The number of fused-ring (bicyclic) bond motifs is 4. The Hall–Kier alpha value is -2.55. The van der Waals surface area contributed by atoms with E-state index >= 15 is 0 Å². The van der Waals surface area contributed by atoms with Gasteiger partial charge in [0.2, 0.25) is 5.91 Å². The number of sulfonamides is 1. The fourth-order valence-corrected chi connectivity index (χ4v) is 8.50. The van der Waals surface area contributed by atoms with Gasteiger partial charge < -0.3 is 14.4 Å². The van der Waals surface area contributed by atoms with Gasteiger partial charge in [0.1, 0.15) is 5.75 Å². The topological polar surface area (TPSA) is 84.9 Å². The van der Waals surface area contributed by atoms with Crippen molar-refractivity contribution < 1.29 is 22.7 Å². The maximum atomic E-state index is 13.4. The van der Waals surface area contributed by atoms with Crippen LogP contribution in [0.5, 0.6) is 5.75 Å². The van der Waals surface area contributed by atoms with E-state index in [-0.39, 0.29) is 28.8 Å². The van der Waals surface area contributed by atoms with Crippen LogP contribution in [0, 0.1) is 17.8 Å². The SMILES string of the molecule is CO[C@H]1C=CC[C@H](C)CC(=O)NS(=O)(=O)c2ccc3c(c2)N(C[C@@H]2CC[C@H]21)C[C@@]1(CCCc2cc(Cl)ccc21)CO3. The van der Waals surface area contributed by atoms with Gasteiger partial charge in [0.15, 0.2) is 0 Å². The second kappa shape index (κ2) is 11.3. The Morgan fingerprint density at radius 2 is 2.02 bits per heavy atom. The zero-order valence-corrected chi connectivity index (χ0v) is 25.3. The molecule has 2 aromatic rings. The number of amides is 1. The van der Waals surface area contributed by atoms with Gasteiger partial charge in [-0.25, -0.2) is 13.1 Å². The van der Waals surface area contributed by atoms with Crippen molar-refractivity contribution in [3.63, 3.8) is 0 Å². The van der Waals surface area contributed by atoms with Crippen LogP contribution in [0.1, 0.15) is 56.6 Å². The van der Waals surface area contributed by atoms with Gasteiger partial charge in [0.05, 0.1) is 23.3 Å². The van der Waals surface area contributed by atoms with Gasteiger partial charge in [0, 0.05) is 37.1 Å². The van der Waals surface area contributed by atoms with Crippen LogP contribution in [-0.4, -0.2) is 47.2 Å². The van der Waals surface area contributed by atoms with E-state index < -0.39 is 15.9 Å². The zero-order valence-electron chi connectivity index (χ0n) is 23.8. The van der Waals surface area contributed by atoms with Gasteiger partial charge in [-0.3, -0.25) is 4.79 Å². The molecule has 2 aliphatic heterocycles. The molecule has 0 saturated heterocycles. The second-order valence-electron chi connectivity index (χ2n) is 12.4. The maximum absolute atomic E-state index is 13.4. The van der Waals surface area contributed by atoms with Crippen molar-refractivity contribution in [2.45, 2.75) is 68.3 Å². The van der Waals surface area contributed by atoms with Crippen molar-refractivity contribution in [1.29, 1.82) is 0 Å². The molecule has 41 heavy (non-hydrogen) atoms. The average molecular weight is 599 g/mol. The molecule has 2 aliphatic carbocycles. The predicted octanol–water partition coefficient (Wildman–Crippen LogP) is 5.65. The van der Waals surface area contributed by atoms with Crippen LogP contribution in [0.4, 0.5) is 5.69 Å². The third-order valence-corrected chi connectivity index (χ3v) is 11.2. The van der Waals surface area contributed by atoms with Crippen molar-refractivity contribution in [2.75, 3.05) is 31.7 Å². The summed E-state index contributed by atoms with van der Waals surface area (Å²) in [7, 11) is -2.27. The number of carbonyl (C=O) groups is 1. The van der Waals surface area contributed by atoms with Crippen molar-refractivity contribution >= 4 is 33.2 Å². The molecule has 1 spiro atoms. The molecule has 9 heteroatoms. The number of hydrogen-bond donors (Lipinski definition) is 1. The highest BCUT2D eigenvalue weighted by Gasteiger charge is 2.44. The first kappa shape index (κ1) is 28.6. The highest BCUT2D eigenvalue weighted by molar-refractivity contribution is 7.90. The number of hydrogen-bond acceptors (Lipinski definition) is 6. The molecule has 7 nitrogen and oxygen atoms in total. The van der Waals surface area contributed by atoms with Gasteiger partial charge in [-0.05, 0) is 97.7 Å². The third-order valence-electron chi connectivity index (χ3n) is 9.59. The third kappa shape index (κ3) is 5.63. The van der Waals surface area contributed by atoms with E-state index in [4.69, 9.17) is 21.1 Å². The monoisotopic (exact) mass is 598 g/mol. The van der Waals surface area contributed by atoms with Crippen molar-refractivity contribution in [2.24, 2.45) is 17.8 Å². The van der Waals surface area contributed by atoms with Crippen molar-refractivity contribution in [1.82, 2.24) is 4.72 Å². The molecular formula is C32H39ClN2O5S. The maximum Gasteiger partial charge on any atom is 0.264 e. The number of aryl methyl sites for hydroxylation is 1. The van der Waals surface area contributed by atoms with Gasteiger partial charge in [-0.15, -0.1) is 0 Å². The Balaban J connectivity index is 1.43. The lowest BCUT2D eigenvalue weighted by Crippen LogP contribution is -2.49. The summed E-state index contributed by atoms with van der Waals surface area (Å²) in [6.07, 6.45) is 10.2. The molecule has 0 aromatic heterocycles. The molecule has 1 saturated carbocycles. The predicted molar refractivity (Wildman–Crippen MR) is 160 cm³/mol. The highest BCUT2D eigenvalue weighted by atomic mass is 35.5. The molecule has 2 bridgehead atoms. The number of nitrogens with zero attached hydrogens (tertiary/aromatic N) is 1. The molecule has 1 amide bonds. The molecule has 220 valence electrons. The van der Waals surface area contributed by atoms with E-state index in [0.717, 1.165) is 49.4 Å². The molecule has 1 N–H and O–H groups in total. The second-order valence-corrected chi connectivity index (χ2v) is 14.6. The molecule has 2 heterocycles. The first-order valence-electron chi connectivity index (χ1n) is 14.7. The Morgan fingerprint density at radius 3 is 2.80 bits per heavy atom. The molecule has 6 rings (SSSR count). The minimum atomic E-state index is -4.04. The molecule has 1 fully saturated rings. The summed E-state index contributed by atoms with van der Waals surface area (Å²) in [5.74, 6) is 0.938. The molecule has 0 unspecified atom stereocenters. The lowest BCUT2D eigenvalue weighted by molar-refractivity contribution is -0.120. The van der Waals surface area contributed by atoms with Gasteiger partial charge in [-0.1, -0.05) is 36.7 Å². The van der Waals surface area contributed by atoms with Crippen LogP contribution in [0.3, 0.4) is 0 Å². The lowest BCUT2D eigenvalue weighted by atomic mass is 9.68. The Bertz CT molecular complexity index is 1460. The number of methoxy groups -OCH3 is 1. The van der Waals surface area contributed by atoms with Crippen LogP contribution in [-0.2, 0) is 31.4 Å². The standard InChI is InChI=1S/C32H39ClN2O5S/c1-21-5-3-7-29(39-2)26-11-8-23(26)18-35-19-32(14-4-6-22-16-24(33)9-12-27(22)32)20-40-30-13-10-25(17-28(30)35)41(37,38)34-31(36)15-21/h3,7,9-10,12-13,16-17,21,23,26,29H,4-6,8,11,14-15,18-20H2,1-2H3,(H,34,36)/t21-,23-,26+,29-,32-/m0/s1. The Labute approximate surface area is 248 Å². The van der Waals surface area contributed by atoms with Gasteiger partial charge >= 0.3 is 0 Å². The van der Waals surface area contributed by atoms with E-state index in [2.05, 4.69) is 33.9 Å². The molecular weight excluding hydrogens is 560 g/mol. The van der Waals surface area contributed by atoms with Crippen LogP contribution in [0.2, 0.25) is 5.02 Å². The summed E-state index contributed by atoms with van der Waals surface area (Å²) in [6, 6.07) is 11.2. The first-order chi connectivity index (χ1) is 19.7. The van der Waals surface area contributed by atoms with Gasteiger partial charge in [0.25, 0.3) is 10.0 Å². The summed E-state index contributed by atoms with van der Waals surface area (Å²) in [5, 5.41) is 0.742. The summed E-state index contributed by atoms with van der Waals surface area (Å²) < 4.78 is 41.5. The minimum absolute atomic E-state index is 0.00333. The number of carbonyl (C=O) groups excluding carboxylic acids is 1. The van der Waals surface area contributed by atoms with E-state index in [0.29, 0.717) is 37.2 Å². The van der Waals surface area contributed by atoms with Crippen molar-refractivity contribution in [3.8, 4) is 5.75 Å². The first-order valence-corrected chi connectivity index (χ1v) is 16.6. The molecule has 2 aromatic carbocycles.